The minimum absolute atomic E-state index is 0.00502. The molecule has 1 fully saturated rings. The third kappa shape index (κ3) is 4.58. The number of unbranched alkanes of at least 4 members (excludes halogenated alkanes) is 1. The summed E-state index contributed by atoms with van der Waals surface area (Å²) in [5, 5.41) is 2.98. The van der Waals surface area contributed by atoms with E-state index in [1.54, 1.807) is 12.4 Å². The van der Waals surface area contributed by atoms with Crippen LogP contribution in [-0.2, 0) is 6.54 Å². The summed E-state index contributed by atoms with van der Waals surface area (Å²) in [4.78, 5) is 40.9. The Morgan fingerprint density at radius 2 is 2.06 bits per heavy atom. The molecule has 168 valence electrons. The van der Waals surface area contributed by atoms with E-state index in [1.165, 1.54) is 6.33 Å². The molecule has 1 unspecified atom stereocenters. The van der Waals surface area contributed by atoms with Crippen LogP contribution in [0.25, 0.3) is 22.6 Å². The van der Waals surface area contributed by atoms with Gasteiger partial charge in [-0.25, -0.2) is 34.7 Å². The van der Waals surface area contributed by atoms with E-state index in [9.17, 15) is 4.79 Å². The second kappa shape index (κ2) is 9.80. The van der Waals surface area contributed by atoms with Crippen molar-refractivity contribution in [2.75, 3.05) is 19.6 Å². The minimum atomic E-state index is 0.00502. The van der Waals surface area contributed by atoms with Gasteiger partial charge in [0.1, 0.15) is 18.0 Å². The highest BCUT2D eigenvalue weighted by atomic mass is 16.2. The highest BCUT2D eigenvalue weighted by molar-refractivity contribution is 5.86. The first-order valence-corrected chi connectivity index (χ1v) is 11.2. The average Bonchev–Trinajstić information content (AvgIpc) is 3.43. The van der Waals surface area contributed by atoms with Crippen molar-refractivity contribution in [1.29, 1.82) is 0 Å². The molecule has 2 amide bonds. The van der Waals surface area contributed by atoms with Gasteiger partial charge in [0.25, 0.3) is 0 Å². The van der Waals surface area contributed by atoms with Crippen LogP contribution in [0.1, 0.15) is 38.9 Å². The lowest BCUT2D eigenvalue weighted by atomic mass is 10.1. The summed E-state index contributed by atoms with van der Waals surface area (Å²) in [6, 6.07) is 0.00502. The van der Waals surface area contributed by atoms with Gasteiger partial charge in [0.05, 0.1) is 5.56 Å². The van der Waals surface area contributed by atoms with Crippen molar-refractivity contribution in [3.05, 3.63) is 24.5 Å². The Morgan fingerprint density at radius 1 is 1.25 bits per heavy atom. The number of imidazole rings is 1. The lowest BCUT2D eigenvalue weighted by molar-refractivity contribution is 0.208. The smallest absolute Gasteiger partial charge is 0.317 e. The summed E-state index contributed by atoms with van der Waals surface area (Å²) in [6.07, 6.45) is 9.88. The zero-order valence-electron chi connectivity index (χ0n) is 18.8. The third-order valence-electron chi connectivity index (χ3n) is 5.59. The molecule has 0 radical (unpaired) electrons. The summed E-state index contributed by atoms with van der Waals surface area (Å²) in [6.45, 7) is 8.82. The van der Waals surface area contributed by atoms with Crippen LogP contribution in [0.4, 0.5) is 10.6 Å². The second-order valence-corrected chi connectivity index (χ2v) is 7.93. The molecule has 1 aliphatic heterocycles. The highest BCUT2D eigenvalue weighted by Crippen LogP contribution is 2.28. The molecule has 1 N–H and O–H groups in total. The number of likely N-dealkylation sites (tertiary alicyclic amines) is 1. The van der Waals surface area contributed by atoms with E-state index in [1.807, 2.05) is 29.5 Å². The van der Waals surface area contributed by atoms with Gasteiger partial charge >= 0.3 is 6.03 Å². The maximum atomic E-state index is 12.3. The summed E-state index contributed by atoms with van der Waals surface area (Å²) >= 11 is 0. The first kappa shape index (κ1) is 21.8. The number of carbonyl (C=O) groups excluding carboxylic acids is 1. The number of aryl methyl sites for hydroxylation is 2. The molecule has 10 nitrogen and oxygen atoms in total. The molecule has 4 heterocycles. The quantitative estimate of drug-likeness (QED) is 0.450. The molecule has 0 bridgehead atoms. The Balaban J connectivity index is 1.53. The fourth-order valence-corrected chi connectivity index (χ4v) is 3.80. The number of nitrogens with one attached hydrogen (secondary N) is 1. The summed E-state index contributed by atoms with van der Waals surface area (Å²) in [7, 11) is 0. The van der Waals surface area contributed by atoms with Crippen molar-refractivity contribution in [2.45, 2.75) is 46.6 Å². The standard InChI is InChI=1S/C22H29N9O/c1-4-6-8-23-22(32)30-9-7-16(13-30)10-26-19-18-21(28-14-27-19)31(5-2)20(29-18)17-11-24-15(3)25-12-17/h10-12,14,16H,4-9,13H2,1-3H3,(H,23,32)/b26-10+. The highest BCUT2D eigenvalue weighted by Gasteiger charge is 2.25. The van der Waals surface area contributed by atoms with Crippen molar-refractivity contribution in [3.63, 3.8) is 0 Å². The molecule has 0 aliphatic carbocycles. The molecule has 0 aromatic carbocycles. The zero-order chi connectivity index (χ0) is 22.5. The van der Waals surface area contributed by atoms with Gasteiger partial charge < -0.3 is 14.8 Å². The van der Waals surface area contributed by atoms with E-state index in [4.69, 9.17) is 4.98 Å². The number of amides is 2. The summed E-state index contributed by atoms with van der Waals surface area (Å²) in [5.41, 5.74) is 2.20. The van der Waals surface area contributed by atoms with Gasteiger partial charge in [-0.05, 0) is 26.7 Å². The molecule has 32 heavy (non-hydrogen) atoms. The van der Waals surface area contributed by atoms with E-state index < -0.39 is 0 Å². The van der Waals surface area contributed by atoms with Crippen LogP contribution in [0, 0.1) is 12.8 Å². The number of urea groups is 1. The average molecular weight is 436 g/mol. The van der Waals surface area contributed by atoms with Crippen LogP contribution >= 0.6 is 0 Å². The van der Waals surface area contributed by atoms with Crippen LogP contribution in [0.3, 0.4) is 0 Å². The van der Waals surface area contributed by atoms with Crippen molar-refractivity contribution in [1.82, 2.24) is 39.7 Å². The SMILES string of the molecule is CCCCNC(=O)N1CCC(/C=N/c2ncnc3c2nc(-c2cnc(C)nc2)n3CC)C1. The fourth-order valence-electron chi connectivity index (χ4n) is 3.80. The molecule has 1 atom stereocenters. The molecule has 10 heteroatoms. The summed E-state index contributed by atoms with van der Waals surface area (Å²) < 4.78 is 2.02. The van der Waals surface area contributed by atoms with E-state index >= 15 is 0 Å². The van der Waals surface area contributed by atoms with Crippen molar-refractivity contribution in [2.24, 2.45) is 10.9 Å². The van der Waals surface area contributed by atoms with Crippen LogP contribution in [-0.4, -0.2) is 66.3 Å². The zero-order valence-corrected chi connectivity index (χ0v) is 18.8. The lowest BCUT2D eigenvalue weighted by Gasteiger charge is -2.16. The molecule has 3 aromatic rings. The molecular weight excluding hydrogens is 406 g/mol. The molecule has 0 saturated carbocycles. The predicted molar refractivity (Wildman–Crippen MR) is 123 cm³/mol. The van der Waals surface area contributed by atoms with E-state index in [-0.39, 0.29) is 11.9 Å². The molecular formula is C22H29N9O. The van der Waals surface area contributed by atoms with Crippen molar-refractivity contribution < 1.29 is 4.79 Å². The number of hydrogen-bond donors (Lipinski definition) is 1. The first-order chi connectivity index (χ1) is 15.6. The van der Waals surface area contributed by atoms with Crippen LogP contribution in [0.15, 0.2) is 23.7 Å². The number of hydrogen-bond acceptors (Lipinski definition) is 7. The maximum absolute atomic E-state index is 12.3. The van der Waals surface area contributed by atoms with E-state index in [0.717, 1.165) is 49.4 Å². The Labute approximate surface area is 187 Å². The van der Waals surface area contributed by atoms with Gasteiger partial charge in [0.15, 0.2) is 17.0 Å². The topological polar surface area (TPSA) is 114 Å². The number of nitrogens with zero attached hydrogens (tertiary/aromatic N) is 8. The fraction of sp³-hybridized carbons (Fsp3) is 0.500. The number of aromatic nitrogens is 6. The van der Waals surface area contributed by atoms with Crippen LogP contribution < -0.4 is 5.32 Å². The molecule has 4 rings (SSSR count). The van der Waals surface area contributed by atoms with Gasteiger partial charge in [-0.2, -0.15) is 0 Å². The molecule has 1 saturated heterocycles. The van der Waals surface area contributed by atoms with Gasteiger partial charge in [-0.15, -0.1) is 0 Å². The monoisotopic (exact) mass is 435 g/mol. The number of fused-ring (bicyclic) bond motifs is 1. The lowest BCUT2D eigenvalue weighted by Crippen LogP contribution is -2.38. The largest absolute Gasteiger partial charge is 0.338 e. The van der Waals surface area contributed by atoms with Crippen molar-refractivity contribution >= 4 is 29.2 Å². The molecule has 3 aromatic heterocycles. The van der Waals surface area contributed by atoms with Gasteiger partial charge in [0.2, 0.25) is 0 Å². The van der Waals surface area contributed by atoms with Crippen LogP contribution in [0.2, 0.25) is 0 Å². The maximum Gasteiger partial charge on any atom is 0.317 e. The predicted octanol–water partition coefficient (Wildman–Crippen LogP) is 3.15. The summed E-state index contributed by atoms with van der Waals surface area (Å²) in [5.74, 6) is 2.18. The van der Waals surface area contributed by atoms with Gasteiger partial charge in [-0.3, -0.25) is 0 Å². The Kier molecular flexibility index (Phi) is 6.67. The second-order valence-electron chi connectivity index (χ2n) is 7.93. The number of aliphatic imine (C=N–C) groups is 1. The van der Waals surface area contributed by atoms with E-state index in [0.29, 0.717) is 30.2 Å². The number of rotatable bonds is 7. The Hall–Kier alpha value is -3.43. The van der Waals surface area contributed by atoms with Crippen LogP contribution in [0.5, 0.6) is 0 Å². The normalized spacial score (nSPS) is 16.3. The molecule has 1 aliphatic rings. The van der Waals surface area contributed by atoms with Gasteiger partial charge in [-0.1, -0.05) is 13.3 Å². The van der Waals surface area contributed by atoms with E-state index in [2.05, 4.69) is 37.2 Å². The number of carbonyl (C=O) groups is 1. The molecule has 0 spiro atoms. The minimum Gasteiger partial charge on any atom is -0.338 e. The Bertz CT molecular complexity index is 1110. The Morgan fingerprint density at radius 3 is 2.81 bits per heavy atom. The first-order valence-electron chi connectivity index (χ1n) is 11.2. The third-order valence-corrected chi connectivity index (χ3v) is 5.59. The van der Waals surface area contributed by atoms with Crippen molar-refractivity contribution in [3.8, 4) is 11.4 Å². The van der Waals surface area contributed by atoms with Gasteiger partial charge in [0, 0.05) is 50.7 Å².